The van der Waals surface area contributed by atoms with Gasteiger partial charge in [0.15, 0.2) is 0 Å². The Morgan fingerprint density at radius 3 is 2.48 bits per heavy atom. The average molecular weight is 305 g/mol. The van der Waals surface area contributed by atoms with Gasteiger partial charge < -0.3 is 9.69 Å². The van der Waals surface area contributed by atoms with E-state index in [4.69, 9.17) is 11.6 Å². The predicted molar refractivity (Wildman–Crippen MR) is 84.3 cm³/mol. The van der Waals surface area contributed by atoms with Gasteiger partial charge in [0, 0.05) is 11.4 Å². The van der Waals surface area contributed by atoms with Gasteiger partial charge in [-0.05, 0) is 63.5 Å². The SMILES string of the molecule is CC(=O)CCCN1CCC(C#N)(c2ccc(Cl)cc2)CC1. The number of hydrogen-bond donors (Lipinski definition) is 0. The van der Waals surface area contributed by atoms with Gasteiger partial charge in [0.05, 0.1) is 11.5 Å². The molecule has 1 fully saturated rings. The Kier molecular flexibility index (Phi) is 5.39. The third-order valence-electron chi connectivity index (χ3n) is 4.32. The number of piperidine rings is 1. The van der Waals surface area contributed by atoms with E-state index in [0.29, 0.717) is 11.4 Å². The van der Waals surface area contributed by atoms with Gasteiger partial charge in [-0.1, -0.05) is 23.7 Å². The van der Waals surface area contributed by atoms with E-state index in [1.54, 1.807) is 6.92 Å². The third kappa shape index (κ3) is 4.06. The summed E-state index contributed by atoms with van der Waals surface area (Å²) < 4.78 is 0. The highest BCUT2D eigenvalue weighted by molar-refractivity contribution is 6.30. The number of carbonyl (C=O) groups excluding carboxylic acids is 1. The van der Waals surface area contributed by atoms with Crippen molar-refractivity contribution in [1.82, 2.24) is 4.90 Å². The van der Waals surface area contributed by atoms with Crippen LogP contribution in [0.15, 0.2) is 24.3 Å². The van der Waals surface area contributed by atoms with Gasteiger partial charge in [-0.3, -0.25) is 0 Å². The summed E-state index contributed by atoms with van der Waals surface area (Å²) in [6.45, 7) is 4.40. The summed E-state index contributed by atoms with van der Waals surface area (Å²) >= 11 is 5.93. The Hall–Kier alpha value is -1.37. The second-order valence-electron chi connectivity index (χ2n) is 5.85. The first-order chi connectivity index (χ1) is 10.1. The van der Waals surface area contributed by atoms with E-state index >= 15 is 0 Å². The van der Waals surface area contributed by atoms with Crippen LogP contribution in [0, 0.1) is 11.3 Å². The highest BCUT2D eigenvalue weighted by Crippen LogP contribution is 2.35. The molecule has 1 aliphatic heterocycles. The largest absolute Gasteiger partial charge is 0.303 e. The van der Waals surface area contributed by atoms with Crippen LogP contribution in [0.2, 0.25) is 5.02 Å². The lowest BCUT2D eigenvalue weighted by Crippen LogP contribution is -2.42. The van der Waals surface area contributed by atoms with Crippen LogP contribution in [0.1, 0.15) is 38.2 Å². The van der Waals surface area contributed by atoms with Crippen molar-refractivity contribution in [3.63, 3.8) is 0 Å². The molecule has 1 aliphatic rings. The predicted octanol–water partition coefficient (Wildman–Crippen LogP) is 3.57. The van der Waals surface area contributed by atoms with E-state index in [0.717, 1.165) is 44.5 Å². The van der Waals surface area contributed by atoms with Crippen molar-refractivity contribution in [2.24, 2.45) is 0 Å². The summed E-state index contributed by atoms with van der Waals surface area (Å²) in [6.07, 6.45) is 3.24. The molecule has 0 unspecified atom stereocenters. The van der Waals surface area contributed by atoms with Gasteiger partial charge in [-0.15, -0.1) is 0 Å². The number of nitriles is 1. The smallest absolute Gasteiger partial charge is 0.129 e. The summed E-state index contributed by atoms with van der Waals surface area (Å²) in [5, 5.41) is 10.4. The molecule has 0 radical (unpaired) electrons. The fourth-order valence-corrected chi connectivity index (χ4v) is 3.07. The van der Waals surface area contributed by atoms with Crippen molar-refractivity contribution in [2.75, 3.05) is 19.6 Å². The molecule has 21 heavy (non-hydrogen) atoms. The molecule has 112 valence electrons. The number of benzene rings is 1. The van der Waals surface area contributed by atoms with Gasteiger partial charge in [-0.25, -0.2) is 0 Å². The molecule has 0 saturated carbocycles. The number of likely N-dealkylation sites (tertiary alicyclic amines) is 1. The number of hydrogen-bond acceptors (Lipinski definition) is 3. The van der Waals surface area contributed by atoms with Crippen LogP contribution in [-0.4, -0.2) is 30.3 Å². The molecule has 0 bridgehead atoms. The van der Waals surface area contributed by atoms with E-state index < -0.39 is 0 Å². The molecule has 0 aliphatic carbocycles. The van der Waals surface area contributed by atoms with Gasteiger partial charge in [0.2, 0.25) is 0 Å². The van der Waals surface area contributed by atoms with Crippen LogP contribution in [-0.2, 0) is 10.2 Å². The summed E-state index contributed by atoms with van der Waals surface area (Å²) in [5.74, 6) is 0.250. The molecule has 0 amide bonds. The van der Waals surface area contributed by atoms with Gasteiger partial charge >= 0.3 is 0 Å². The summed E-state index contributed by atoms with van der Waals surface area (Å²) in [6, 6.07) is 10.2. The van der Waals surface area contributed by atoms with Crippen molar-refractivity contribution in [3.05, 3.63) is 34.9 Å². The Morgan fingerprint density at radius 1 is 1.33 bits per heavy atom. The van der Waals surface area contributed by atoms with Crippen molar-refractivity contribution in [3.8, 4) is 6.07 Å². The third-order valence-corrected chi connectivity index (χ3v) is 4.58. The number of nitrogens with zero attached hydrogens (tertiary/aromatic N) is 2. The minimum atomic E-state index is -0.387. The zero-order valence-corrected chi connectivity index (χ0v) is 13.2. The zero-order chi connectivity index (χ0) is 15.3. The molecule has 0 N–H and O–H groups in total. The maximum Gasteiger partial charge on any atom is 0.129 e. The van der Waals surface area contributed by atoms with Crippen molar-refractivity contribution in [2.45, 2.75) is 38.0 Å². The molecule has 1 saturated heterocycles. The number of rotatable bonds is 5. The molecule has 1 heterocycles. The fraction of sp³-hybridized carbons (Fsp3) is 0.529. The Bertz CT molecular complexity index is 525. The van der Waals surface area contributed by atoms with Gasteiger partial charge in [-0.2, -0.15) is 5.26 Å². The van der Waals surface area contributed by atoms with Crippen LogP contribution in [0.25, 0.3) is 0 Å². The maximum atomic E-state index is 11.0. The van der Waals surface area contributed by atoms with Crippen LogP contribution in [0.5, 0.6) is 0 Å². The first kappa shape index (κ1) is 16.0. The van der Waals surface area contributed by atoms with E-state index in [9.17, 15) is 10.1 Å². The van der Waals surface area contributed by atoms with Crippen LogP contribution in [0.4, 0.5) is 0 Å². The Labute approximate surface area is 131 Å². The summed E-state index contributed by atoms with van der Waals surface area (Å²) in [4.78, 5) is 13.3. The van der Waals surface area contributed by atoms with Crippen LogP contribution >= 0.6 is 11.6 Å². The fourth-order valence-electron chi connectivity index (χ4n) is 2.94. The number of halogens is 1. The van der Waals surface area contributed by atoms with Crippen molar-refractivity contribution in [1.29, 1.82) is 5.26 Å². The zero-order valence-electron chi connectivity index (χ0n) is 12.4. The summed E-state index contributed by atoms with van der Waals surface area (Å²) in [7, 11) is 0. The minimum Gasteiger partial charge on any atom is -0.303 e. The van der Waals surface area contributed by atoms with Gasteiger partial charge in [0.25, 0.3) is 0 Å². The highest BCUT2D eigenvalue weighted by Gasteiger charge is 2.36. The molecule has 0 spiro atoms. The lowest BCUT2D eigenvalue weighted by atomic mass is 9.74. The summed E-state index contributed by atoms with van der Waals surface area (Å²) in [5.41, 5.74) is 0.680. The molecule has 1 aromatic rings. The minimum absolute atomic E-state index is 0.250. The van der Waals surface area contributed by atoms with E-state index in [2.05, 4.69) is 11.0 Å². The van der Waals surface area contributed by atoms with Crippen LogP contribution in [0.3, 0.4) is 0 Å². The van der Waals surface area contributed by atoms with Gasteiger partial charge in [0.1, 0.15) is 5.78 Å². The first-order valence-corrected chi connectivity index (χ1v) is 7.83. The number of Topliss-reactive ketones (excluding diaryl/α,β-unsaturated/α-hetero) is 1. The lowest BCUT2D eigenvalue weighted by molar-refractivity contribution is -0.117. The standard InChI is InChI=1S/C17H21ClN2O/c1-14(21)3-2-10-20-11-8-17(13-19,9-12-20)15-4-6-16(18)7-5-15/h4-7H,2-3,8-12H2,1H3. The average Bonchev–Trinajstić information content (AvgIpc) is 2.49. The van der Waals surface area contributed by atoms with Crippen molar-refractivity contribution < 1.29 is 4.79 Å². The maximum absolute atomic E-state index is 11.0. The van der Waals surface area contributed by atoms with Crippen molar-refractivity contribution >= 4 is 17.4 Å². The first-order valence-electron chi connectivity index (χ1n) is 7.45. The molecule has 0 aromatic heterocycles. The van der Waals surface area contributed by atoms with Crippen LogP contribution < -0.4 is 0 Å². The molecule has 3 nitrogen and oxygen atoms in total. The number of ketones is 1. The van der Waals surface area contributed by atoms with E-state index in [1.807, 2.05) is 24.3 Å². The topological polar surface area (TPSA) is 44.1 Å². The quantitative estimate of drug-likeness (QED) is 0.835. The molecule has 2 rings (SSSR count). The molecular weight excluding hydrogens is 284 g/mol. The molecule has 1 aromatic carbocycles. The second kappa shape index (κ2) is 7.06. The highest BCUT2D eigenvalue weighted by atomic mass is 35.5. The molecule has 0 atom stereocenters. The monoisotopic (exact) mass is 304 g/mol. The molecular formula is C17H21ClN2O. The normalized spacial score (nSPS) is 18.1. The Morgan fingerprint density at radius 2 is 1.95 bits per heavy atom. The van der Waals surface area contributed by atoms with E-state index in [-0.39, 0.29) is 11.2 Å². The Balaban J connectivity index is 1.95. The van der Waals surface area contributed by atoms with E-state index in [1.165, 1.54) is 0 Å². The molecule has 4 heteroatoms. The second-order valence-corrected chi connectivity index (χ2v) is 6.28. The lowest BCUT2D eigenvalue weighted by Gasteiger charge is -2.37. The number of carbonyl (C=O) groups is 1.